The van der Waals surface area contributed by atoms with Crippen LogP contribution in [0, 0.1) is 0 Å². The zero-order chi connectivity index (χ0) is 10.1. The van der Waals surface area contributed by atoms with Crippen LogP contribution in [0.2, 0.25) is 0 Å². The van der Waals surface area contributed by atoms with Gasteiger partial charge in [0.05, 0.1) is 7.11 Å². The van der Waals surface area contributed by atoms with E-state index in [1.807, 2.05) is 0 Å². The highest BCUT2D eigenvalue weighted by atomic mass is 35.7. The minimum absolute atomic E-state index is 0.0433. The van der Waals surface area contributed by atoms with Crippen LogP contribution in [0.4, 0.5) is 0 Å². The van der Waals surface area contributed by atoms with E-state index in [2.05, 4.69) is 9.72 Å². The fraction of sp³-hybridized carbons (Fsp3) is 0.167. The van der Waals surface area contributed by atoms with Gasteiger partial charge >= 0.3 is 5.97 Å². The van der Waals surface area contributed by atoms with Crippen LogP contribution in [-0.2, 0) is 13.8 Å². The van der Waals surface area contributed by atoms with Gasteiger partial charge in [-0.1, -0.05) is 0 Å². The number of aromatic nitrogens is 1. The molecule has 0 bridgehead atoms. The number of ether oxygens (including phenoxy) is 1. The number of methoxy groups -OCH3 is 1. The minimum atomic E-state index is -3.81. The van der Waals surface area contributed by atoms with Crippen molar-refractivity contribution < 1.29 is 17.9 Å². The van der Waals surface area contributed by atoms with Crippen molar-refractivity contribution in [3.8, 4) is 0 Å². The summed E-state index contributed by atoms with van der Waals surface area (Å²) >= 11 is 0. The van der Waals surface area contributed by atoms with Crippen LogP contribution in [0.5, 0.6) is 0 Å². The Labute approximate surface area is 79.1 Å². The van der Waals surface area contributed by atoms with E-state index >= 15 is 0 Å². The van der Waals surface area contributed by atoms with Crippen LogP contribution in [0.3, 0.4) is 0 Å². The standard InChI is InChI=1S/C6H6ClNO4S/c1-12-6(9)4-2-3-5(8-4)13(7,10)11/h2-3,8H,1H3. The molecule has 0 amide bonds. The van der Waals surface area contributed by atoms with E-state index in [1.54, 1.807) is 0 Å². The Morgan fingerprint density at radius 3 is 2.54 bits per heavy atom. The van der Waals surface area contributed by atoms with Gasteiger partial charge in [0.25, 0.3) is 9.05 Å². The zero-order valence-electron chi connectivity index (χ0n) is 6.57. The summed E-state index contributed by atoms with van der Waals surface area (Å²) in [4.78, 5) is 13.2. The highest BCUT2D eigenvalue weighted by molar-refractivity contribution is 8.13. The summed E-state index contributed by atoms with van der Waals surface area (Å²) in [6.45, 7) is 0. The predicted molar refractivity (Wildman–Crippen MR) is 45.2 cm³/mol. The van der Waals surface area contributed by atoms with Crippen molar-refractivity contribution in [2.45, 2.75) is 5.03 Å². The highest BCUT2D eigenvalue weighted by Crippen LogP contribution is 2.13. The summed E-state index contributed by atoms with van der Waals surface area (Å²) in [5.41, 5.74) is 0.0433. The van der Waals surface area contributed by atoms with Gasteiger partial charge in [-0.15, -0.1) is 0 Å². The Kier molecular flexibility index (Phi) is 2.63. The maximum absolute atomic E-state index is 10.9. The molecule has 72 valence electrons. The molecule has 1 rings (SSSR count). The molecule has 0 aromatic carbocycles. The number of nitrogens with one attached hydrogen (secondary N) is 1. The first-order valence-corrected chi connectivity index (χ1v) is 5.48. The second kappa shape index (κ2) is 3.39. The molecule has 0 unspecified atom stereocenters. The van der Waals surface area contributed by atoms with E-state index in [0.717, 1.165) is 0 Å². The summed E-state index contributed by atoms with van der Waals surface area (Å²) in [6, 6.07) is 2.47. The fourth-order valence-corrected chi connectivity index (χ4v) is 1.48. The molecule has 13 heavy (non-hydrogen) atoms. The summed E-state index contributed by atoms with van der Waals surface area (Å²) in [7, 11) is 2.39. The average molecular weight is 224 g/mol. The molecule has 1 heterocycles. The summed E-state index contributed by atoms with van der Waals surface area (Å²) in [5, 5.41) is -0.227. The third kappa shape index (κ3) is 2.22. The molecule has 1 aromatic heterocycles. The van der Waals surface area contributed by atoms with Gasteiger partial charge in [-0.3, -0.25) is 0 Å². The third-order valence-electron chi connectivity index (χ3n) is 1.33. The van der Waals surface area contributed by atoms with Gasteiger partial charge in [-0.05, 0) is 12.1 Å². The van der Waals surface area contributed by atoms with E-state index in [-0.39, 0.29) is 10.7 Å². The summed E-state index contributed by atoms with van der Waals surface area (Å²) < 4.78 is 25.8. The van der Waals surface area contributed by atoms with Crippen LogP contribution in [0.25, 0.3) is 0 Å². The molecule has 1 aromatic rings. The Hall–Kier alpha value is -1.01. The van der Waals surface area contributed by atoms with E-state index in [4.69, 9.17) is 10.7 Å². The van der Waals surface area contributed by atoms with Gasteiger partial charge < -0.3 is 9.72 Å². The van der Waals surface area contributed by atoms with Crippen LogP contribution < -0.4 is 0 Å². The lowest BCUT2D eigenvalue weighted by Gasteiger charge is -1.93. The second-order valence-electron chi connectivity index (χ2n) is 2.17. The lowest BCUT2D eigenvalue weighted by atomic mass is 10.4. The molecule has 0 aliphatic carbocycles. The Morgan fingerprint density at radius 2 is 2.15 bits per heavy atom. The Morgan fingerprint density at radius 1 is 1.54 bits per heavy atom. The smallest absolute Gasteiger partial charge is 0.354 e. The molecule has 0 saturated carbocycles. The number of carbonyl (C=O) groups is 1. The molecule has 5 nitrogen and oxygen atoms in total. The van der Waals surface area contributed by atoms with Gasteiger partial charge in [-0.2, -0.15) is 0 Å². The van der Waals surface area contributed by atoms with E-state index in [0.29, 0.717) is 0 Å². The number of esters is 1. The average Bonchev–Trinajstić information content (AvgIpc) is 2.50. The lowest BCUT2D eigenvalue weighted by Crippen LogP contribution is -2.02. The molecule has 0 radical (unpaired) electrons. The SMILES string of the molecule is COC(=O)c1ccc(S(=O)(=O)Cl)[nH]1. The van der Waals surface area contributed by atoms with E-state index < -0.39 is 15.0 Å². The minimum Gasteiger partial charge on any atom is -0.464 e. The second-order valence-corrected chi connectivity index (χ2v) is 4.70. The molecule has 0 fully saturated rings. The van der Waals surface area contributed by atoms with E-state index in [9.17, 15) is 13.2 Å². The molecule has 0 saturated heterocycles. The van der Waals surface area contributed by atoms with Crippen LogP contribution in [-0.4, -0.2) is 26.5 Å². The molecule has 0 spiro atoms. The van der Waals surface area contributed by atoms with Gasteiger partial charge in [0.15, 0.2) is 0 Å². The molecule has 0 aliphatic heterocycles. The zero-order valence-corrected chi connectivity index (χ0v) is 8.15. The maximum atomic E-state index is 10.9. The quantitative estimate of drug-likeness (QED) is 0.592. The number of hydrogen-bond donors (Lipinski definition) is 1. The molecular formula is C6H6ClNO4S. The number of halogens is 1. The fourth-order valence-electron chi connectivity index (χ4n) is 0.746. The van der Waals surface area contributed by atoms with Gasteiger partial charge in [0, 0.05) is 10.7 Å². The number of carbonyl (C=O) groups excluding carboxylic acids is 1. The maximum Gasteiger partial charge on any atom is 0.354 e. The van der Waals surface area contributed by atoms with Crippen LogP contribution in [0.1, 0.15) is 10.5 Å². The number of H-pyrrole nitrogens is 1. The lowest BCUT2D eigenvalue weighted by molar-refractivity contribution is 0.0594. The Balaban J connectivity index is 3.07. The van der Waals surface area contributed by atoms with Gasteiger partial charge in [0.1, 0.15) is 10.7 Å². The van der Waals surface area contributed by atoms with Crippen molar-refractivity contribution in [2.75, 3.05) is 7.11 Å². The van der Waals surface area contributed by atoms with Gasteiger partial charge in [0.2, 0.25) is 0 Å². The first-order chi connectivity index (χ1) is 5.95. The van der Waals surface area contributed by atoms with Crippen molar-refractivity contribution >= 4 is 25.7 Å². The Bertz CT molecular complexity index is 422. The first-order valence-electron chi connectivity index (χ1n) is 3.17. The van der Waals surface area contributed by atoms with Crippen LogP contribution in [0.15, 0.2) is 17.2 Å². The van der Waals surface area contributed by atoms with Crippen LogP contribution >= 0.6 is 10.7 Å². The predicted octanol–water partition coefficient (Wildman–Crippen LogP) is 0.729. The molecule has 0 aliphatic rings. The number of hydrogen-bond acceptors (Lipinski definition) is 4. The van der Waals surface area contributed by atoms with Gasteiger partial charge in [-0.25, -0.2) is 13.2 Å². The van der Waals surface area contributed by atoms with Crippen molar-refractivity contribution in [3.05, 3.63) is 17.8 Å². The monoisotopic (exact) mass is 223 g/mol. The number of rotatable bonds is 2. The summed E-state index contributed by atoms with van der Waals surface area (Å²) in [5.74, 6) is -0.647. The summed E-state index contributed by atoms with van der Waals surface area (Å²) in [6.07, 6.45) is 0. The highest BCUT2D eigenvalue weighted by Gasteiger charge is 2.15. The van der Waals surface area contributed by atoms with Crippen molar-refractivity contribution in [1.82, 2.24) is 4.98 Å². The molecular weight excluding hydrogens is 218 g/mol. The van der Waals surface area contributed by atoms with Crippen molar-refractivity contribution in [2.24, 2.45) is 0 Å². The number of aromatic amines is 1. The normalized spacial score (nSPS) is 11.2. The third-order valence-corrected chi connectivity index (χ3v) is 2.59. The topological polar surface area (TPSA) is 76.2 Å². The van der Waals surface area contributed by atoms with Crippen molar-refractivity contribution in [1.29, 1.82) is 0 Å². The molecule has 1 N–H and O–H groups in total. The first kappa shape index (κ1) is 10.1. The molecule has 0 atom stereocenters. The molecule has 7 heteroatoms. The van der Waals surface area contributed by atoms with Crippen molar-refractivity contribution in [3.63, 3.8) is 0 Å². The van der Waals surface area contributed by atoms with E-state index in [1.165, 1.54) is 19.2 Å². The largest absolute Gasteiger partial charge is 0.464 e.